The van der Waals surface area contributed by atoms with Crippen molar-refractivity contribution in [3.63, 3.8) is 0 Å². The highest BCUT2D eigenvalue weighted by Crippen LogP contribution is 2.25. The van der Waals surface area contributed by atoms with Crippen LogP contribution in [0.3, 0.4) is 0 Å². The van der Waals surface area contributed by atoms with Crippen LogP contribution in [0.2, 0.25) is 0 Å². The molecule has 0 unspecified atom stereocenters. The Labute approximate surface area is 133 Å². The molecule has 118 valence electrons. The van der Waals surface area contributed by atoms with Crippen molar-refractivity contribution < 1.29 is 0 Å². The van der Waals surface area contributed by atoms with Gasteiger partial charge >= 0.3 is 0 Å². The zero-order chi connectivity index (χ0) is 14.8. The lowest BCUT2D eigenvalue weighted by molar-refractivity contribution is 0.107. The number of aromatic nitrogens is 1. The van der Waals surface area contributed by atoms with Crippen LogP contribution < -0.4 is 0 Å². The second-order valence-electron chi connectivity index (χ2n) is 6.98. The van der Waals surface area contributed by atoms with Crippen molar-refractivity contribution in [3.8, 4) is 0 Å². The summed E-state index contributed by atoms with van der Waals surface area (Å²) in [5, 5.41) is 1.40. The molecule has 0 saturated carbocycles. The van der Waals surface area contributed by atoms with Crippen LogP contribution in [0.25, 0.3) is 10.9 Å². The summed E-state index contributed by atoms with van der Waals surface area (Å²) in [5.74, 6) is 0. The fourth-order valence-corrected chi connectivity index (χ4v) is 4.25. The molecule has 2 fully saturated rings. The average Bonchev–Trinajstić information content (AvgIpc) is 3.21. The van der Waals surface area contributed by atoms with Gasteiger partial charge in [0.05, 0.1) is 0 Å². The third-order valence-electron chi connectivity index (χ3n) is 5.48. The number of hydrogen-bond donors (Lipinski definition) is 1. The Morgan fingerprint density at radius 1 is 1.00 bits per heavy atom. The van der Waals surface area contributed by atoms with E-state index in [0.29, 0.717) is 0 Å². The summed E-state index contributed by atoms with van der Waals surface area (Å²) >= 11 is 0. The number of hydrogen-bond acceptors (Lipinski definition) is 2. The summed E-state index contributed by atoms with van der Waals surface area (Å²) in [6, 6.07) is 9.65. The van der Waals surface area contributed by atoms with Gasteiger partial charge in [0, 0.05) is 36.2 Å². The summed E-state index contributed by atoms with van der Waals surface area (Å²) < 4.78 is 0. The fourth-order valence-electron chi connectivity index (χ4n) is 4.25. The number of nitrogens with one attached hydrogen (secondary N) is 1. The fraction of sp³-hybridized carbons (Fsp3) is 0.579. The number of likely N-dealkylation sites (tertiary alicyclic amines) is 2. The van der Waals surface area contributed by atoms with E-state index in [1.54, 1.807) is 0 Å². The van der Waals surface area contributed by atoms with Crippen LogP contribution in [0, 0.1) is 0 Å². The predicted octanol–water partition coefficient (Wildman–Crippen LogP) is 3.62. The van der Waals surface area contributed by atoms with E-state index in [9.17, 15) is 0 Å². The minimum atomic E-state index is 0.751. The van der Waals surface area contributed by atoms with Crippen LogP contribution in [-0.2, 0) is 6.54 Å². The summed E-state index contributed by atoms with van der Waals surface area (Å²) in [4.78, 5) is 8.76. The molecule has 4 rings (SSSR count). The van der Waals surface area contributed by atoms with Crippen LogP contribution in [0.15, 0.2) is 30.5 Å². The zero-order valence-electron chi connectivity index (χ0n) is 13.4. The van der Waals surface area contributed by atoms with Gasteiger partial charge < -0.3 is 9.88 Å². The molecule has 2 aromatic rings. The smallest absolute Gasteiger partial charge is 0.0457 e. The van der Waals surface area contributed by atoms with Crippen LogP contribution in [0.4, 0.5) is 0 Å². The standard InChI is InChI=1S/C19H27N3/c1-2-13-22(17(7-1)15-21-11-3-4-12-21)14-16-6-5-8-19-18(16)9-10-20-19/h5-6,8-10,17,20H,1-4,7,11-15H2/t17-/m1/s1. The highest BCUT2D eigenvalue weighted by atomic mass is 15.2. The molecule has 0 spiro atoms. The normalized spacial score (nSPS) is 24.3. The molecular weight excluding hydrogens is 270 g/mol. The molecule has 3 heterocycles. The van der Waals surface area contributed by atoms with Crippen LogP contribution >= 0.6 is 0 Å². The number of benzene rings is 1. The molecular formula is C19H27N3. The molecule has 0 radical (unpaired) electrons. The first-order chi connectivity index (χ1) is 10.9. The second kappa shape index (κ2) is 6.43. The highest BCUT2D eigenvalue weighted by molar-refractivity contribution is 5.82. The van der Waals surface area contributed by atoms with Crippen LogP contribution in [-0.4, -0.2) is 47.0 Å². The van der Waals surface area contributed by atoms with Gasteiger partial charge in [0.15, 0.2) is 0 Å². The third kappa shape index (κ3) is 2.92. The Kier molecular flexibility index (Phi) is 4.17. The third-order valence-corrected chi connectivity index (χ3v) is 5.48. The topological polar surface area (TPSA) is 22.3 Å². The van der Waals surface area contributed by atoms with Gasteiger partial charge in [-0.2, -0.15) is 0 Å². The Balaban J connectivity index is 1.50. The Morgan fingerprint density at radius 3 is 2.77 bits per heavy atom. The number of nitrogens with zero attached hydrogens (tertiary/aromatic N) is 2. The van der Waals surface area contributed by atoms with Crippen molar-refractivity contribution in [2.75, 3.05) is 26.2 Å². The van der Waals surface area contributed by atoms with E-state index >= 15 is 0 Å². The molecule has 2 aliphatic heterocycles. The maximum absolute atomic E-state index is 3.34. The minimum Gasteiger partial charge on any atom is -0.361 e. The van der Waals surface area contributed by atoms with Crippen LogP contribution in [0.5, 0.6) is 0 Å². The quantitative estimate of drug-likeness (QED) is 0.931. The molecule has 1 aromatic carbocycles. The lowest BCUT2D eigenvalue weighted by Crippen LogP contribution is -2.45. The maximum Gasteiger partial charge on any atom is 0.0457 e. The molecule has 3 heteroatoms. The van der Waals surface area contributed by atoms with Crippen molar-refractivity contribution in [2.24, 2.45) is 0 Å². The monoisotopic (exact) mass is 297 g/mol. The lowest BCUT2D eigenvalue weighted by Gasteiger charge is -2.38. The lowest BCUT2D eigenvalue weighted by atomic mass is 10.00. The van der Waals surface area contributed by atoms with E-state index < -0.39 is 0 Å². The summed E-state index contributed by atoms with van der Waals surface area (Å²) in [7, 11) is 0. The first-order valence-electron chi connectivity index (χ1n) is 8.91. The molecule has 2 saturated heterocycles. The molecule has 22 heavy (non-hydrogen) atoms. The maximum atomic E-state index is 3.34. The molecule has 1 aromatic heterocycles. The van der Waals surface area contributed by atoms with Gasteiger partial charge in [-0.25, -0.2) is 0 Å². The highest BCUT2D eigenvalue weighted by Gasteiger charge is 2.26. The number of H-pyrrole nitrogens is 1. The molecule has 3 nitrogen and oxygen atoms in total. The van der Waals surface area contributed by atoms with Gasteiger partial charge in [-0.15, -0.1) is 0 Å². The van der Waals surface area contributed by atoms with Crippen molar-refractivity contribution >= 4 is 10.9 Å². The van der Waals surface area contributed by atoms with Gasteiger partial charge in [0.25, 0.3) is 0 Å². The zero-order valence-corrected chi connectivity index (χ0v) is 13.4. The largest absolute Gasteiger partial charge is 0.361 e. The predicted molar refractivity (Wildman–Crippen MR) is 92.0 cm³/mol. The molecule has 0 amide bonds. The summed E-state index contributed by atoms with van der Waals surface area (Å²) in [6.07, 6.45) is 9.00. The van der Waals surface area contributed by atoms with Crippen molar-refractivity contribution in [3.05, 3.63) is 36.0 Å². The SMILES string of the molecule is c1cc(CN2CCCC[C@@H]2CN2CCCC2)c2cc[nH]c2c1. The van der Waals surface area contributed by atoms with Crippen molar-refractivity contribution in [1.29, 1.82) is 0 Å². The first kappa shape index (κ1) is 14.3. The number of fused-ring (bicyclic) bond motifs is 1. The van der Waals surface area contributed by atoms with Gasteiger partial charge in [-0.3, -0.25) is 4.90 Å². The van der Waals surface area contributed by atoms with E-state index in [0.717, 1.165) is 12.6 Å². The number of rotatable bonds is 4. The Hall–Kier alpha value is -1.32. The summed E-state index contributed by atoms with van der Waals surface area (Å²) in [5.41, 5.74) is 2.75. The van der Waals surface area contributed by atoms with Gasteiger partial charge in [-0.05, 0) is 63.0 Å². The molecule has 1 N–H and O–H groups in total. The molecule has 2 aliphatic rings. The van der Waals surface area contributed by atoms with E-state index in [1.807, 2.05) is 0 Å². The summed E-state index contributed by atoms with van der Waals surface area (Å²) in [6.45, 7) is 6.28. The van der Waals surface area contributed by atoms with E-state index in [2.05, 4.69) is 45.2 Å². The molecule has 0 bridgehead atoms. The van der Waals surface area contributed by atoms with Gasteiger partial charge in [0.1, 0.15) is 0 Å². The van der Waals surface area contributed by atoms with Crippen molar-refractivity contribution in [2.45, 2.75) is 44.7 Å². The first-order valence-corrected chi connectivity index (χ1v) is 8.91. The average molecular weight is 297 g/mol. The van der Waals surface area contributed by atoms with E-state index in [4.69, 9.17) is 0 Å². The van der Waals surface area contributed by atoms with E-state index in [1.165, 1.54) is 74.7 Å². The minimum absolute atomic E-state index is 0.751. The van der Waals surface area contributed by atoms with E-state index in [-0.39, 0.29) is 0 Å². The number of piperidine rings is 1. The molecule has 0 aliphatic carbocycles. The van der Waals surface area contributed by atoms with Crippen molar-refractivity contribution in [1.82, 2.24) is 14.8 Å². The van der Waals surface area contributed by atoms with Crippen LogP contribution in [0.1, 0.15) is 37.7 Å². The number of aromatic amines is 1. The van der Waals surface area contributed by atoms with Gasteiger partial charge in [-0.1, -0.05) is 18.6 Å². The second-order valence-corrected chi connectivity index (χ2v) is 6.98. The van der Waals surface area contributed by atoms with Gasteiger partial charge in [0.2, 0.25) is 0 Å². The molecule has 1 atom stereocenters. The Bertz CT molecular complexity index is 612. The Morgan fingerprint density at radius 2 is 1.86 bits per heavy atom.